The third kappa shape index (κ3) is 2.90. The molecular formula is C13H16BNO4. The molecule has 0 fully saturated rings. The van der Waals surface area contributed by atoms with Crippen LogP contribution in [0.3, 0.4) is 0 Å². The Labute approximate surface area is 112 Å². The molecule has 0 aliphatic carbocycles. The summed E-state index contributed by atoms with van der Waals surface area (Å²) in [5, 5.41) is 9.74. The van der Waals surface area contributed by atoms with Gasteiger partial charge in [0.1, 0.15) is 5.60 Å². The molecule has 19 heavy (non-hydrogen) atoms. The summed E-state index contributed by atoms with van der Waals surface area (Å²) in [4.78, 5) is 12.2. The predicted molar refractivity (Wildman–Crippen MR) is 73.6 cm³/mol. The molecule has 2 rings (SSSR count). The van der Waals surface area contributed by atoms with Gasteiger partial charge in [0.15, 0.2) is 5.88 Å². The molecule has 0 aliphatic heterocycles. The number of hydrogen-bond donors (Lipinski definition) is 1. The fourth-order valence-corrected chi connectivity index (χ4v) is 1.80. The van der Waals surface area contributed by atoms with Gasteiger partial charge in [0.2, 0.25) is 0 Å². The van der Waals surface area contributed by atoms with Crippen LogP contribution >= 0.6 is 0 Å². The standard InChI is InChI=1S/C13H16BNO4/c1-13(2,3)18-12(16)15-10-7-5-4-6-9(10)8-11(15)19-14-17/h4-8,14,17H,1-3H3. The quantitative estimate of drug-likeness (QED) is 0.840. The zero-order chi connectivity index (χ0) is 14.0. The van der Waals surface area contributed by atoms with Crippen LogP contribution in [0.5, 0.6) is 5.88 Å². The molecule has 1 N–H and O–H groups in total. The second-order valence-electron chi connectivity index (χ2n) is 5.13. The van der Waals surface area contributed by atoms with Crippen LogP contribution in [0.15, 0.2) is 30.3 Å². The molecule has 0 amide bonds. The Hall–Kier alpha value is -1.95. The molecule has 0 bridgehead atoms. The lowest BCUT2D eigenvalue weighted by atomic mass is 10.2. The molecule has 0 saturated heterocycles. The lowest BCUT2D eigenvalue weighted by Gasteiger charge is -2.20. The fraction of sp³-hybridized carbons (Fsp3) is 0.308. The van der Waals surface area contributed by atoms with E-state index in [2.05, 4.69) is 0 Å². The van der Waals surface area contributed by atoms with Crippen LogP contribution in [-0.2, 0) is 4.74 Å². The molecule has 1 aromatic carbocycles. The molecule has 0 radical (unpaired) electrons. The Morgan fingerprint density at radius 1 is 1.32 bits per heavy atom. The van der Waals surface area contributed by atoms with Crippen molar-refractivity contribution >= 4 is 24.7 Å². The van der Waals surface area contributed by atoms with E-state index >= 15 is 0 Å². The van der Waals surface area contributed by atoms with Crippen molar-refractivity contribution in [2.24, 2.45) is 0 Å². The van der Waals surface area contributed by atoms with E-state index in [9.17, 15) is 4.79 Å². The molecule has 100 valence electrons. The molecule has 5 nitrogen and oxygen atoms in total. The zero-order valence-corrected chi connectivity index (χ0v) is 11.2. The van der Waals surface area contributed by atoms with E-state index < -0.39 is 19.4 Å². The van der Waals surface area contributed by atoms with Gasteiger partial charge in [0.05, 0.1) is 5.52 Å². The Kier molecular flexibility index (Phi) is 3.53. The molecular weight excluding hydrogens is 245 g/mol. The molecule has 0 saturated carbocycles. The summed E-state index contributed by atoms with van der Waals surface area (Å²) in [5.74, 6) is 0.262. The minimum absolute atomic E-state index is 0.262. The summed E-state index contributed by atoms with van der Waals surface area (Å²) in [7, 11) is -0.501. The highest BCUT2D eigenvalue weighted by molar-refractivity contribution is 6.17. The molecule has 0 unspecified atom stereocenters. The number of nitrogens with zero attached hydrogens (tertiary/aromatic N) is 1. The maximum atomic E-state index is 12.2. The zero-order valence-electron chi connectivity index (χ0n) is 11.2. The predicted octanol–water partition coefficient (Wildman–Crippen LogP) is 2.06. The van der Waals surface area contributed by atoms with Crippen molar-refractivity contribution in [3.8, 4) is 5.88 Å². The van der Waals surface area contributed by atoms with E-state index in [4.69, 9.17) is 14.4 Å². The summed E-state index contributed by atoms with van der Waals surface area (Å²) in [6.45, 7) is 5.38. The van der Waals surface area contributed by atoms with Gasteiger partial charge in [-0.2, -0.15) is 0 Å². The van der Waals surface area contributed by atoms with Crippen LogP contribution in [0.25, 0.3) is 10.9 Å². The molecule has 6 heteroatoms. The number of carbonyl (C=O) groups is 1. The van der Waals surface area contributed by atoms with Crippen molar-refractivity contribution in [3.05, 3.63) is 30.3 Å². The molecule has 0 aliphatic rings. The number of fused-ring (bicyclic) bond motifs is 1. The highest BCUT2D eigenvalue weighted by Gasteiger charge is 2.22. The second kappa shape index (κ2) is 4.97. The van der Waals surface area contributed by atoms with E-state index in [0.29, 0.717) is 5.52 Å². The summed E-state index contributed by atoms with van der Waals surface area (Å²) >= 11 is 0. The van der Waals surface area contributed by atoms with Gasteiger partial charge >= 0.3 is 13.8 Å². The number of benzene rings is 1. The van der Waals surface area contributed by atoms with Crippen molar-refractivity contribution in [1.29, 1.82) is 0 Å². The summed E-state index contributed by atoms with van der Waals surface area (Å²) in [6.07, 6.45) is -0.530. The normalized spacial score (nSPS) is 11.4. The van der Waals surface area contributed by atoms with Gasteiger partial charge in [-0.05, 0) is 26.8 Å². The van der Waals surface area contributed by atoms with E-state index in [-0.39, 0.29) is 5.88 Å². The molecule has 1 aromatic heterocycles. The molecule has 1 heterocycles. The Morgan fingerprint density at radius 3 is 2.63 bits per heavy atom. The second-order valence-corrected chi connectivity index (χ2v) is 5.13. The van der Waals surface area contributed by atoms with Crippen molar-refractivity contribution < 1.29 is 19.2 Å². The average Bonchev–Trinajstić information content (AvgIpc) is 2.65. The first-order chi connectivity index (χ1) is 8.92. The van der Waals surface area contributed by atoms with Crippen LogP contribution in [-0.4, -0.2) is 29.0 Å². The molecule has 0 atom stereocenters. The van der Waals surface area contributed by atoms with Crippen LogP contribution in [0.1, 0.15) is 20.8 Å². The van der Waals surface area contributed by atoms with Crippen LogP contribution in [0, 0.1) is 0 Å². The molecule has 2 aromatic rings. The lowest BCUT2D eigenvalue weighted by molar-refractivity contribution is 0.0537. The van der Waals surface area contributed by atoms with Gasteiger partial charge in [-0.3, -0.25) is 0 Å². The highest BCUT2D eigenvalue weighted by Crippen LogP contribution is 2.26. The van der Waals surface area contributed by atoms with Gasteiger partial charge in [-0.15, -0.1) is 0 Å². The van der Waals surface area contributed by atoms with Crippen molar-refractivity contribution in [2.45, 2.75) is 26.4 Å². The third-order valence-corrected chi connectivity index (χ3v) is 2.47. The smallest absolute Gasteiger partial charge is 0.505 e. The summed E-state index contributed by atoms with van der Waals surface area (Å²) in [5.41, 5.74) is 0.0825. The van der Waals surface area contributed by atoms with Crippen molar-refractivity contribution in [1.82, 2.24) is 4.57 Å². The van der Waals surface area contributed by atoms with E-state index in [1.54, 1.807) is 32.9 Å². The Balaban J connectivity index is 2.50. The number of hydrogen-bond acceptors (Lipinski definition) is 4. The van der Waals surface area contributed by atoms with E-state index in [1.807, 2.05) is 18.2 Å². The first-order valence-electron chi connectivity index (χ1n) is 6.00. The number of ether oxygens (including phenoxy) is 1. The maximum Gasteiger partial charge on any atom is 0.505 e. The van der Waals surface area contributed by atoms with Gasteiger partial charge in [0.25, 0.3) is 0 Å². The summed E-state index contributed by atoms with van der Waals surface area (Å²) in [6, 6.07) is 9.04. The van der Waals surface area contributed by atoms with Gasteiger partial charge in [-0.1, -0.05) is 18.2 Å². The molecule has 0 spiro atoms. The Morgan fingerprint density at radius 2 is 2.00 bits per heavy atom. The van der Waals surface area contributed by atoms with Crippen LogP contribution in [0.2, 0.25) is 0 Å². The number of aromatic nitrogens is 1. The number of carbonyl (C=O) groups excluding carboxylic acids is 1. The van der Waals surface area contributed by atoms with Crippen LogP contribution < -0.4 is 4.65 Å². The average molecular weight is 261 g/mol. The van der Waals surface area contributed by atoms with Crippen molar-refractivity contribution in [3.63, 3.8) is 0 Å². The third-order valence-electron chi connectivity index (χ3n) is 2.47. The number of para-hydroxylation sites is 1. The van der Waals surface area contributed by atoms with Crippen LogP contribution in [0.4, 0.5) is 4.79 Å². The first-order valence-corrected chi connectivity index (χ1v) is 6.00. The topological polar surface area (TPSA) is 60.7 Å². The van der Waals surface area contributed by atoms with Gasteiger partial charge in [0, 0.05) is 11.5 Å². The van der Waals surface area contributed by atoms with Gasteiger partial charge in [-0.25, -0.2) is 9.36 Å². The number of rotatable bonds is 2. The summed E-state index contributed by atoms with van der Waals surface area (Å²) < 4.78 is 11.7. The monoisotopic (exact) mass is 261 g/mol. The van der Waals surface area contributed by atoms with Crippen molar-refractivity contribution in [2.75, 3.05) is 0 Å². The largest absolute Gasteiger partial charge is 0.526 e. The van der Waals surface area contributed by atoms with Gasteiger partial charge < -0.3 is 14.4 Å². The highest BCUT2D eigenvalue weighted by atomic mass is 16.6. The minimum Gasteiger partial charge on any atom is -0.526 e. The SMILES string of the molecule is CC(C)(C)OC(=O)n1c(OBO)cc2ccccc21. The van der Waals surface area contributed by atoms with E-state index in [1.165, 1.54) is 4.57 Å². The first kappa shape index (κ1) is 13.5. The minimum atomic E-state index is -0.598. The fourth-order valence-electron chi connectivity index (χ4n) is 1.80. The Bertz CT molecular complexity index is 600. The lowest BCUT2D eigenvalue weighted by Crippen LogP contribution is -2.27. The van der Waals surface area contributed by atoms with E-state index in [0.717, 1.165) is 5.39 Å². The maximum absolute atomic E-state index is 12.2.